The predicted octanol–water partition coefficient (Wildman–Crippen LogP) is 2.88. The molecule has 1 saturated heterocycles. The SMILES string of the molecule is Cc1nccc(OC2CCN(C(=O)Cc3c[nH]c4ccccc34)CC2)n1. The summed E-state index contributed by atoms with van der Waals surface area (Å²) < 4.78 is 5.93. The summed E-state index contributed by atoms with van der Waals surface area (Å²) in [5.74, 6) is 1.49. The Kier molecular flexibility index (Phi) is 4.56. The molecule has 4 rings (SSSR count). The molecule has 3 aromatic rings. The Morgan fingerprint density at radius 3 is 2.88 bits per heavy atom. The number of nitrogens with zero attached hydrogens (tertiary/aromatic N) is 3. The topological polar surface area (TPSA) is 71.1 Å². The number of ether oxygens (including phenoxy) is 1. The zero-order valence-corrected chi connectivity index (χ0v) is 14.8. The minimum Gasteiger partial charge on any atom is -0.474 e. The summed E-state index contributed by atoms with van der Waals surface area (Å²) in [7, 11) is 0. The fraction of sp³-hybridized carbons (Fsp3) is 0.350. The first-order valence-electron chi connectivity index (χ1n) is 8.98. The van der Waals surface area contributed by atoms with Crippen LogP contribution in [-0.4, -0.2) is 45.0 Å². The van der Waals surface area contributed by atoms with Crippen LogP contribution in [0.15, 0.2) is 42.7 Å². The molecule has 0 atom stereocenters. The molecule has 0 radical (unpaired) electrons. The number of hydrogen-bond acceptors (Lipinski definition) is 4. The second-order valence-corrected chi connectivity index (χ2v) is 6.68. The molecule has 1 fully saturated rings. The van der Waals surface area contributed by atoms with E-state index in [2.05, 4.69) is 21.0 Å². The maximum atomic E-state index is 12.7. The van der Waals surface area contributed by atoms with Crippen LogP contribution in [0.5, 0.6) is 5.88 Å². The van der Waals surface area contributed by atoms with Gasteiger partial charge in [-0.15, -0.1) is 0 Å². The van der Waals surface area contributed by atoms with Crippen molar-refractivity contribution in [1.82, 2.24) is 19.9 Å². The van der Waals surface area contributed by atoms with Crippen LogP contribution in [0.3, 0.4) is 0 Å². The molecule has 1 aliphatic rings. The number of aromatic nitrogens is 3. The summed E-state index contributed by atoms with van der Waals surface area (Å²) in [5, 5.41) is 1.12. The number of amides is 1. The van der Waals surface area contributed by atoms with Crippen LogP contribution in [0.1, 0.15) is 24.2 Å². The molecule has 1 N–H and O–H groups in total. The van der Waals surface area contributed by atoms with E-state index in [-0.39, 0.29) is 12.0 Å². The minimum atomic E-state index is 0.0986. The van der Waals surface area contributed by atoms with Gasteiger partial charge in [-0.05, 0) is 18.6 Å². The second kappa shape index (κ2) is 7.15. The largest absolute Gasteiger partial charge is 0.474 e. The average molecular weight is 350 g/mol. The summed E-state index contributed by atoms with van der Waals surface area (Å²) in [6.07, 6.45) is 5.82. The second-order valence-electron chi connectivity index (χ2n) is 6.68. The predicted molar refractivity (Wildman–Crippen MR) is 99.0 cm³/mol. The third-order valence-corrected chi connectivity index (χ3v) is 4.85. The van der Waals surface area contributed by atoms with E-state index in [0.717, 1.165) is 42.4 Å². The monoisotopic (exact) mass is 350 g/mol. The van der Waals surface area contributed by atoms with Gasteiger partial charge in [0, 0.05) is 55.3 Å². The van der Waals surface area contributed by atoms with E-state index in [1.54, 1.807) is 12.3 Å². The van der Waals surface area contributed by atoms with Gasteiger partial charge in [-0.2, -0.15) is 4.98 Å². The molecule has 0 saturated carbocycles. The lowest BCUT2D eigenvalue weighted by Gasteiger charge is -2.32. The molecule has 0 bridgehead atoms. The van der Waals surface area contributed by atoms with Crippen molar-refractivity contribution in [1.29, 1.82) is 0 Å². The quantitative estimate of drug-likeness (QED) is 0.785. The van der Waals surface area contributed by atoms with Gasteiger partial charge in [0.15, 0.2) is 0 Å². The zero-order chi connectivity index (χ0) is 17.9. The van der Waals surface area contributed by atoms with Gasteiger partial charge in [-0.1, -0.05) is 18.2 Å². The molecule has 3 heterocycles. The Balaban J connectivity index is 1.33. The Morgan fingerprint density at radius 2 is 2.08 bits per heavy atom. The summed E-state index contributed by atoms with van der Waals surface area (Å²) in [4.78, 5) is 26.2. The molecular formula is C20H22N4O2. The first kappa shape index (κ1) is 16.6. The minimum absolute atomic E-state index is 0.0986. The van der Waals surface area contributed by atoms with Gasteiger partial charge in [-0.25, -0.2) is 4.98 Å². The number of fused-ring (bicyclic) bond motifs is 1. The van der Waals surface area contributed by atoms with Crippen LogP contribution < -0.4 is 4.74 Å². The molecule has 1 amide bonds. The number of piperidine rings is 1. The highest BCUT2D eigenvalue weighted by molar-refractivity contribution is 5.88. The molecule has 26 heavy (non-hydrogen) atoms. The molecule has 0 aliphatic carbocycles. The highest BCUT2D eigenvalue weighted by Crippen LogP contribution is 2.21. The molecule has 2 aromatic heterocycles. The Bertz CT molecular complexity index is 913. The van der Waals surface area contributed by atoms with Gasteiger partial charge >= 0.3 is 0 Å². The standard InChI is InChI=1S/C20H22N4O2/c1-14-21-9-6-19(23-14)26-16-7-10-24(11-8-16)20(25)12-15-13-22-18-5-3-2-4-17(15)18/h2-6,9,13,16,22H,7-8,10-12H2,1H3. The van der Waals surface area contributed by atoms with Crippen LogP contribution in [0, 0.1) is 6.92 Å². The van der Waals surface area contributed by atoms with Crippen LogP contribution in [0.2, 0.25) is 0 Å². The van der Waals surface area contributed by atoms with Crippen molar-refractivity contribution in [3.63, 3.8) is 0 Å². The van der Waals surface area contributed by atoms with E-state index in [1.165, 1.54) is 0 Å². The van der Waals surface area contributed by atoms with Crippen LogP contribution in [0.25, 0.3) is 10.9 Å². The number of rotatable bonds is 4. The number of hydrogen-bond donors (Lipinski definition) is 1. The van der Waals surface area contributed by atoms with Crippen molar-refractivity contribution in [2.75, 3.05) is 13.1 Å². The maximum Gasteiger partial charge on any atom is 0.227 e. The Labute approximate surface area is 152 Å². The van der Waals surface area contributed by atoms with Crippen molar-refractivity contribution >= 4 is 16.8 Å². The molecular weight excluding hydrogens is 328 g/mol. The number of aryl methyl sites for hydroxylation is 1. The van der Waals surface area contributed by atoms with Gasteiger partial charge < -0.3 is 14.6 Å². The number of aromatic amines is 1. The van der Waals surface area contributed by atoms with Gasteiger partial charge in [0.2, 0.25) is 11.8 Å². The van der Waals surface area contributed by atoms with E-state index in [9.17, 15) is 4.79 Å². The highest BCUT2D eigenvalue weighted by atomic mass is 16.5. The summed E-state index contributed by atoms with van der Waals surface area (Å²) in [6, 6.07) is 9.86. The molecule has 0 spiro atoms. The normalized spacial score (nSPS) is 15.3. The fourth-order valence-corrected chi connectivity index (χ4v) is 3.45. The van der Waals surface area contributed by atoms with Gasteiger partial charge in [0.25, 0.3) is 0 Å². The summed E-state index contributed by atoms with van der Waals surface area (Å²) >= 11 is 0. The zero-order valence-electron chi connectivity index (χ0n) is 14.8. The number of likely N-dealkylation sites (tertiary alicyclic amines) is 1. The molecule has 1 aromatic carbocycles. The Morgan fingerprint density at radius 1 is 1.27 bits per heavy atom. The van der Waals surface area contributed by atoms with E-state index < -0.39 is 0 Å². The van der Waals surface area contributed by atoms with Crippen LogP contribution >= 0.6 is 0 Å². The number of nitrogens with one attached hydrogen (secondary N) is 1. The third-order valence-electron chi connectivity index (χ3n) is 4.85. The smallest absolute Gasteiger partial charge is 0.227 e. The van der Waals surface area contributed by atoms with Crippen molar-refractivity contribution < 1.29 is 9.53 Å². The Hall–Kier alpha value is -2.89. The maximum absolute atomic E-state index is 12.7. The van der Waals surface area contributed by atoms with Crippen molar-refractivity contribution in [2.45, 2.75) is 32.3 Å². The van der Waals surface area contributed by atoms with Gasteiger partial charge in [0.1, 0.15) is 11.9 Å². The number of carbonyl (C=O) groups is 1. The summed E-state index contributed by atoms with van der Waals surface area (Å²) in [5.41, 5.74) is 2.13. The lowest BCUT2D eigenvalue weighted by atomic mass is 10.1. The lowest BCUT2D eigenvalue weighted by Crippen LogP contribution is -2.42. The molecule has 0 unspecified atom stereocenters. The number of carbonyl (C=O) groups excluding carboxylic acids is 1. The number of benzene rings is 1. The lowest BCUT2D eigenvalue weighted by molar-refractivity contribution is -0.132. The fourth-order valence-electron chi connectivity index (χ4n) is 3.45. The van der Waals surface area contributed by atoms with Gasteiger partial charge in [0.05, 0.1) is 6.42 Å². The van der Waals surface area contributed by atoms with Crippen molar-refractivity contribution in [2.24, 2.45) is 0 Å². The van der Waals surface area contributed by atoms with Crippen molar-refractivity contribution in [3.05, 3.63) is 54.1 Å². The van der Waals surface area contributed by atoms with Crippen molar-refractivity contribution in [3.8, 4) is 5.88 Å². The van der Waals surface area contributed by atoms with Crippen LogP contribution in [-0.2, 0) is 11.2 Å². The first-order chi connectivity index (χ1) is 12.7. The van der Waals surface area contributed by atoms with E-state index in [1.807, 2.05) is 36.2 Å². The van der Waals surface area contributed by atoms with E-state index in [4.69, 9.17) is 4.74 Å². The first-order valence-corrected chi connectivity index (χ1v) is 8.98. The molecule has 1 aliphatic heterocycles. The number of para-hydroxylation sites is 1. The highest BCUT2D eigenvalue weighted by Gasteiger charge is 2.24. The molecule has 6 heteroatoms. The van der Waals surface area contributed by atoms with E-state index in [0.29, 0.717) is 18.1 Å². The molecule has 6 nitrogen and oxygen atoms in total. The third kappa shape index (κ3) is 3.54. The van der Waals surface area contributed by atoms with Gasteiger partial charge in [-0.3, -0.25) is 4.79 Å². The number of H-pyrrole nitrogens is 1. The summed E-state index contributed by atoms with van der Waals surface area (Å²) in [6.45, 7) is 3.28. The van der Waals surface area contributed by atoms with E-state index >= 15 is 0 Å². The molecule has 134 valence electrons. The van der Waals surface area contributed by atoms with Crippen LogP contribution in [0.4, 0.5) is 0 Å². The average Bonchev–Trinajstić information content (AvgIpc) is 3.05.